The summed E-state index contributed by atoms with van der Waals surface area (Å²) in [7, 11) is 1.74. The van der Waals surface area contributed by atoms with E-state index in [1.54, 1.807) is 18.9 Å². The smallest absolute Gasteiger partial charge is 0.347 e. The molecule has 6 heteroatoms. The molecule has 1 saturated heterocycles. The quantitative estimate of drug-likeness (QED) is 0.538. The Morgan fingerprint density at radius 1 is 1.33 bits per heavy atom. The van der Waals surface area contributed by atoms with Crippen molar-refractivity contribution < 1.29 is 23.8 Å². The van der Waals surface area contributed by atoms with Crippen molar-refractivity contribution in [3.8, 4) is 0 Å². The van der Waals surface area contributed by atoms with Gasteiger partial charge in [0.1, 0.15) is 0 Å². The zero-order valence-corrected chi connectivity index (χ0v) is 15.8. The van der Waals surface area contributed by atoms with Gasteiger partial charge in [-0.1, -0.05) is 11.6 Å². The standard InChI is InChI=1S/C18H28O5S/c1-11(2)9-13-5-6-16(15(10-13)21-4)24-12(3)17(19)23-14-7-8-22-18(14)20/h9,12-16H,5-8,10H2,1-4H3/t12?,13?,14?,15-,16+/m1/s1. The maximum Gasteiger partial charge on any atom is 0.347 e. The number of carbonyl (C=O) groups is 2. The van der Waals surface area contributed by atoms with Crippen LogP contribution >= 0.6 is 11.8 Å². The van der Waals surface area contributed by atoms with Gasteiger partial charge in [-0.25, -0.2) is 4.79 Å². The number of hydrogen-bond acceptors (Lipinski definition) is 6. The van der Waals surface area contributed by atoms with Gasteiger partial charge in [-0.3, -0.25) is 4.79 Å². The summed E-state index contributed by atoms with van der Waals surface area (Å²) < 4.78 is 15.8. The first kappa shape index (κ1) is 19.3. The molecule has 0 bridgehead atoms. The molecule has 1 aliphatic carbocycles. The van der Waals surface area contributed by atoms with Gasteiger partial charge in [0.25, 0.3) is 0 Å². The Labute approximate surface area is 148 Å². The molecule has 3 unspecified atom stereocenters. The number of hydrogen-bond donors (Lipinski definition) is 0. The number of methoxy groups -OCH3 is 1. The van der Waals surface area contributed by atoms with Crippen molar-refractivity contribution in [1.29, 1.82) is 0 Å². The molecule has 0 aromatic carbocycles. The van der Waals surface area contributed by atoms with Crippen LogP contribution in [0.5, 0.6) is 0 Å². The summed E-state index contributed by atoms with van der Waals surface area (Å²) in [5.41, 5.74) is 1.33. The number of allylic oxidation sites excluding steroid dienone is 2. The molecule has 0 aromatic heterocycles. The van der Waals surface area contributed by atoms with E-state index in [4.69, 9.17) is 14.2 Å². The second-order valence-corrected chi connectivity index (χ2v) is 8.37. The highest BCUT2D eigenvalue weighted by Crippen LogP contribution is 2.37. The SMILES string of the molecule is CO[C@@H]1CC(C=C(C)C)CC[C@@H]1SC(C)C(=O)OC1CCOC1=O. The van der Waals surface area contributed by atoms with Crippen molar-refractivity contribution in [2.75, 3.05) is 13.7 Å². The number of ether oxygens (including phenoxy) is 3. The van der Waals surface area contributed by atoms with E-state index in [0.29, 0.717) is 18.9 Å². The second-order valence-electron chi connectivity index (χ2n) is 6.79. The summed E-state index contributed by atoms with van der Waals surface area (Å²) in [6.45, 7) is 6.41. The highest BCUT2D eigenvalue weighted by molar-refractivity contribution is 8.01. The van der Waals surface area contributed by atoms with Crippen LogP contribution in [0, 0.1) is 5.92 Å². The minimum absolute atomic E-state index is 0.135. The minimum atomic E-state index is -0.729. The van der Waals surface area contributed by atoms with E-state index in [2.05, 4.69) is 19.9 Å². The number of thioether (sulfide) groups is 1. The lowest BCUT2D eigenvalue weighted by Gasteiger charge is -2.35. The van der Waals surface area contributed by atoms with E-state index in [1.165, 1.54) is 5.57 Å². The molecular formula is C18H28O5S. The molecule has 0 N–H and O–H groups in total. The van der Waals surface area contributed by atoms with E-state index in [9.17, 15) is 9.59 Å². The molecule has 2 rings (SSSR count). The molecule has 1 aliphatic heterocycles. The van der Waals surface area contributed by atoms with Crippen LogP contribution in [-0.4, -0.2) is 48.4 Å². The minimum Gasteiger partial charge on any atom is -0.463 e. The first-order valence-electron chi connectivity index (χ1n) is 8.61. The van der Waals surface area contributed by atoms with Crippen LogP contribution in [-0.2, 0) is 23.8 Å². The largest absolute Gasteiger partial charge is 0.463 e. The molecule has 136 valence electrons. The van der Waals surface area contributed by atoms with Crippen molar-refractivity contribution >= 4 is 23.7 Å². The summed E-state index contributed by atoms with van der Waals surface area (Å²) >= 11 is 1.59. The van der Waals surface area contributed by atoms with Gasteiger partial charge < -0.3 is 14.2 Å². The molecular weight excluding hydrogens is 328 g/mol. The lowest BCUT2D eigenvalue weighted by molar-refractivity contribution is -0.159. The fourth-order valence-electron chi connectivity index (χ4n) is 3.30. The van der Waals surface area contributed by atoms with Crippen LogP contribution < -0.4 is 0 Å². The lowest BCUT2D eigenvalue weighted by atomic mass is 9.86. The van der Waals surface area contributed by atoms with E-state index < -0.39 is 12.1 Å². The highest BCUT2D eigenvalue weighted by Gasteiger charge is 2.35. The van der Waals surface area contributed by atoms with Crippen molar-refractivity contribution in [2.24, 2.45) is 5.92 Å². The van der Waals surface area contributed by atoms with Crippen LogP contribution in [0.25, 0.3) is 0 Å². The van der Waals surface area contributed by atoms with Gasteiger partial charge in [-0.2, -0.15) is 0 Å². The Morgan fingerprint density at radius 3 is 2.67 bits per heavy atom. The molecule has 2 aliphatic rings. The molecule has 1 saturated carbocycles. The Balaban J connectivity index is 1.86. The molecule has 0 radical (unpaired) electrons. The van der Waals surface area contributed by atoms with Gasteiger partial charge in [0.2, 0.25) is 6.10 Å². The van der Waals surface area contributed by atoms with Gasteiger partial charge in [0.15, 0.2) is 0 Å². The average Bonchev–Trinajstić information content (AvgIpc) is 2.93. The van der Waals surface area contributed by atoms with Gasteiger partial charge in [-0.05, 0) is 46.0 Å². The first-order valence-corrected chi connectivity index (χ1v) is 9.55. The number of rotatable bonds is 6. The Hall–Kier alpha value is -1.01. The molecule has 1 heterocycles. The monoisotopic (exact) mass is 356 g/mol. The van der Waals surface area contributed by atoms with Crippen molar-refractivity contribution in [1.82, 2.24) is 0 Å². The van der Waals surface area contributed by atoms with E-state index in [-0.39, 0.29) is 22.6 Å². The van der Waals surface area contributed by atoms with Gasteiger partial charge in [-0.15, -0.1) is 11.8 Å². The fourth-order valence-corrected chi connectivity index (χ4v) is 4.66. The topological polar surface area (TPSA) is 61.8 Å². The van der Waals surface area contributed by atoms with Crippen LogP contribution in [0.15, 0.2) is 11.6 Å². The van der Waals surface area contributed by atoms with Crippen molar-refractivity contribution in [2.45, 2.75) is 69.2 Å². The van der Waals surface area contributed by atoms with Crippen LogP contribution in [0.1, 0.15) is 46.5 Å². The van der Waals surface area contributed by atoms with Gasteiger partial charge in [0.05, 0.1) is 18.0 Å². The molecule has 0 aromatic rings. The van der Waals surface area contributed by atoms with E-state index >= 15 is 0 Å². The summed E-state index contributed by atoms with van der Waals surface area (Å²) in [6.07, 6.45) is 5.28. The third-order valence-corrected chi connectivity index (χ3v) is 5.99. The molecule has 0 spiro atoms. The number of esters is 2. The molecule has 24 heavy (non-hydrogen) atoms. The van der Waals surface area contributed by atoms with Gasteiger partial charge in [0, 0.05) is 18.8 Å². The predicted molar refractivity (Wildman–Crippen MR) is 93.9 cm³/mol. The third kappa shape index (κ3) is 5.24. The van der Waals surface area contributed by atoms with Crippen LogP contribution in [0.4, 0.5) is 0 Å². The maximum atomic E-state index is 12.2. The Kier molecular flexibility index (Phi) is 7.16. The zero-order valence-electron chi connectivity index (χ0n) is 14.9. The summed E-state index contributed by atoms with van der Waals surface area (Å²) in [5.74, 6) is -0.227. The molecule has 5 nitrogen and oxygen atoms in total. The first-order chi connectivity index (χ1) is 11.4. The normalized spacial score (nSPS) is 31.2. The molecule has 5 atom stereocenters. The Bertz CT molecular complexity index is 486. The Morgan fingerprint density at radius 2 is 2.08 bits per heavy atom. The maximum absolute atomic E-state index is 12.2. The lowest BCUT2D eigenvalue weighted by Crippen LogP contribution is -2.36. The van der Waals surface area contributed by atoms with E-state index in [1.807, 2.05) is 6.92 Å². The van der Waals surface area contributed by atoms with Gasteiger partial charge >= 0.3 is 11.9 Å². The second kappa shape index (κ2) is 8.90. The molecule has 2 fully saturated rings. The summed E-state index contributed by atoms with van der Waals surface area (Å²) in [5, 5.41) is -0.0454. The fraction of sp³-hybridized carbons (Fsp3) is 0.778. The third-order valence-electron chi connectivity index (χ3n) is 4.50. The zero-order chi connectivity index (χ0) is 17.7. The summed E-state index contributed by atoms with van der Waals surface area (Å²) in [4.78, 5) is 23.6. The van der Waals surface area contributed by atoms with Crippen LogP contribution in [0.3, 0.4) is 0 Å². The van der Waals surface area contributed by atoms with Crippen molar-refractivity contribution in [3.05, 3.63) is 11.6 Å². The predicted octanol–water partition coefficient (Wildman–Crippen LogP) is 3.12. The number of cyclic esters (lactones) is 1. The molecule has 0 amide bonds. The van der Waals surface area contributed by atoms with Crippen LogP contribution in [0.2, 0.25) is 0 Å². The van der Waals surface area contributed by atoms with Crippen molar-refractivity contribution in [3.63, 3.8) is 0 Å². The number of carbonyl (C=O) groups excluding carboxylic acids is 2. The average molecular weight is 356 g/mol. The highest BCUT2D eigenvalue weighted by atomic mass is 32.2. The summed E-state index contributed by atoms with van der Waals surface area (Å²) in [6, 6.07) is 0. The van der Waals surface area contributed by atoms with E-state index in [0.717, 1.165) is 19.3 Å².